The number of thioether (sulfide) groups is 1. The number of rotatable bonds is 6. The third-order valence-electron chi connectivity index (χ3n) is 3.64. The Bertz CT molecular complexity index is 512. The van der Waals surface area contributed by atoms with Crippen LogP contribution in [-0.2, 0) is 9.59 Å². The Morgan fingerprint density at radius 1 is 1.24 bits per heavy atom. The van der Waals surface area contributed by atoms with Crippen LogP contribution in [0.25, 0.3) is 0 Å². The average Bonchev–Trinajstić information content (AvgIpc) is 2.85. The molecule has 1 fully saturated rings. The lowest BCUT2D eigenvalue weighted by molar-refractivity contribution is -0.139. The topological polar surface area (TPSA) is 66.4 Å². The summed E-state index contributed by atoms with van der Waals surface area (Å²) in [7, 11) is 0. The van der Waals surface area contributed by atoms with Crippen LogP contribution >= 0.6 is 23.4 Å². The van der Waals surface area contributed by atoms with Crippen LogP contribution in [0.4, 0.5) is 0 Å². The van der Waals surface area contributed by atoms with E-state index in [4.69, 9.17) is 16.7 Å². The molecule has 1 aliphatic carbocycles. The Morgan fingerprint density at radius 3 is 2.43 bits per heavy atom. The van der Waals surface area contributed by atoms with E-state index in [-0.39, 0.29) is 18.1 Å². The molecule has 0 aromatic heterocycles. The molecule has 1 aromatic carbocycles. The van der Waals surface area contributed by atoms with Gasteiger partial charge in [-0.25, -0.2) is 0 Å². The maximum atomic E-state index is 12.1. The van der Waals surface area contributed by atoms with Gasteiger partial charge in [-0.2, -0.15) is 0 Å². The molecule has 0 radical (unpaired) electrons. The van der Waals surface area contributed by atoms with E-state index in [1.54, 1.807) is 12.1 Å². The number of carboxylic acid groups (broad SMARTS) is 1. The first-order valence-corrected chi connectivity index (χ1v) is 8.27. The fourth-order valence-corrected chi connectivity index (χ4v) is 3.52. The van der Waals surface area contributed by atoms with Crippen LogP contribution in [-0.4, -0.2) is 28.3 Å². The molecule has 4 nitrogen and oxygen atoms in total. The molecule has 2 rings (SSSR count). The Labute approximate surface area is 133 Å². The molecule has 0 heterocycles. The zero-order valence-corrected chi connectivity index (χ0v) is 13.2. The molecule has 6 heteroatoms. The van der Waals surface area contributed by atoms with Crippen molar-refractivity contribution in [1.82, 2.24) is 5.32 Å². The van der Waals surface area contributed by atoms with Crippen molar-refractivity contribution in [2.45, 2.75) is 42.5 Å². The number of carboxylic acids is 1. The van der Waals surface area contributed by atoms with Crippen molar-refractivity contribution in [3.63, 3.8) is 0 Å². The van der Waals surface area contributed by atoms with Crippen molar-refractivity contribution < 1.29 is 14.7 Å². The number of halogens is 1. The number of nitrogens with one attached hydrogen (secondary N) is 1. The van der Waals surface area contributed by atoms with Crippen LogP contribution in [0, 0.1) is 0 Å². The molecular formula is C15H18ClNO3S. The van der Waals surface area contributed by atoms with E-state index < -0.39 is 11.5 Å². The molecule has 114 valence electrons. The van der Waals surface area contributed by atoms with Crippen LogP contribution in [0.2, 0.25) is 5.02 Å². The molecule has 2 N–H and O–H groups in total. The largest absolute Gasteiger partial charge is 0.481 e. The smallest absolute Gasteiger partial charge is 0.305 e. The minimum Gasteiger partial charge on any atom is -0.481 e. The van der Waals surface area contributed by atoms with Crippen LogP contribution in [0.1, 0.15) is 32.1 Å². The monoisotopic (exact) mass is 327 g/mol. The molecule has 0 aliphatic heterocycles. The van der Waals surface area contributed by atoms with Gasteiger partial charge in [0.15, 0.2) is 0 Å². The quantitative estimate of drug-likeness (QED) is 0.786. The predicted molar refractivity (Wildman–Crippen MR) is 83.8 cm³/mol. The molecule has 0 bridgehead atoms. The van der Waals surface area contributed by atoms with Gasteiger partial charge in [-0.15, -0.1) is 11.8 Å². The highest BCUT2D eigenvalue weighted by molar-refractivity contribution is 8.00. The number of aliphatic carboxylic acids is 1. The van der Waals surface area contributed by atoms with Crippen LogP contribution < -0.4 is 5.32 Å². The Morgan fingerprint density at radius 2 is 1.86 bits per heavy atom. The lowest BCUT2D eigenvalue weighted by Crippen LogP contribution is -2.48. The maximum Gasteiger partial charge on any atom is 0.305 e. The second-order valence-electron chi connectivity index (χ2n) is 5.35. The van der Waals surface area contributed by atoms with Gasteiger partial charge < -0.3 is 10.4 Å². The zero-order chi connectivity index (χ0) is 15.3. The fourth-order valence-electron chi connectivity index (χ4n) is 2.70. The van der Waals surface area contributed by atoms with E-state index >= 15 is 0 Å². The summed E-state index contributed by atoms with van der Waals surface area (Å²) in [5, 5.41) is 12.6. The van der Waals surface area contributed by atoms with E-state index in [0.717, 1.165) is 30.6 Å². The highest BCUT2D eigenvalue weighted by Gasteiger charge is 2.37. The van der Waals surface area contributed by atoms with E-state index in [1.165, 1.54) is 11.8 Å². The van der Waals surface area contributed by atoms with Gasteiger partial charge in [0.25, 0.3) is 0 Å². The van der Waals surface area contributed by atoms with E-state index in [0.29, 0.717) is 5.02 Å². The van der Waals surface area contributed by atoms with Gasteiger partial charge in [-0.1, -0.05) is 24.4 Å². The molecule has 1 aliphatic rings. The van der Waals surface area contributed by atoms with Crippen LogP contribution in [0.5, 0.6) is 0 Å². The third kappa shape index (κ3) is 4.93. The van der Waals surface area contributed by atoms with E-state index in [9.17, 15) is 9.59 Å². The average molecular weight is 328 g/mol. The summed E-state index contributed by atoms with van der Waals surface area (Å²) in [5.74, 6) is -0.691. The molecule has 21 heavy (non-hydrogen) atoms. The highest BCUT2D eigenvalue weighted by Crippen LogP contribution is 2.33. The standard InChI is InChI=1S/C15H18ClNO3S/c16-11-3-5-12(6-4-11)21-10-13(18)17-15(9-14(19)20)7-1-2-8-15/h3-6H,1-2,7-10H2,(H,17,18)(H,19,20). The number of carbonyl (C=O) groups excluding carboxylic acids is 1. The summed E-state index contributed by atoms with van der Waals surface area (Å²) >= 11 is 7.23. The normalized spacial score (nSPS) is 16.6. The first-order chi connectivity index (χ1) is 9.99. The minimum atomic E-state index is -0.859. The SMILES string of the molecule is O=C(O)CC1(NC(=O)CSc2ccc(Cl)cc2)CCCC1. The molecule has 0 saturated heterocycles. The molecule has 1 amide bonds. The molecular weight excluding hydrogens is 310 g/mol. The molecule has 0 spiro atoms. The molecule has 1 saturated carbocycles. The number of hydrogen-bond donors (Lipinski definition) is 2. The van der Waals surface area contributed by atoms with Gasteiger partial charge in [0.05, 0.1) is 17.7 Å². The zero-order valence-electron chi connectivity index (χ0n) is 11.6. The Kier molecular flexibility index (Phi) is 5.53. The lowest BCUT2D eigenvalue weighted by atomic mass is 9.93. The van der Waals surface area contributed by atoms with Gasteiger partial charge in [-0.05, 0) is 37.1 Å². The number of hydrogen-bond acceptors (Lipinski definition) is 3. The third-order valence-corrected chi connectivity index (χ3v) is 4.90. The van der Waals surface area contributed by atoms with Crippen molar-refractivity contribution in [2.75, 3.05) is 5.75 Å². The van der Waals surface area contributed by atoms with Gasteiger partial charge in [0.1, 0.15) is 0 Å². The summed E-state index contributed by atoms with van der Waals surface area (Å²) in [5.41, 5.74) is -0.552. The summed E-state index contributed by atoms with van der Waals surface area (Å²) < 4.78 is 0. The fraction of sp³-hybridized carbons (Fsp3) is 0.467. The van der Waals surface area contributed by atoms with E-state index in [1.807, 2.05) is 12.1 Å². The Balaban J connectivity index is 1.87. The summed E-state index contributed by atoms with van der Waals surface area (Å²) in [4.78, 5) is 24.0. The number of amides is 1. The van der Waals surface area contributed by atoms with Crippen molar-refractivity contribution in [2.24, 2.45) is 0 Å². The van der Waals surface area contributed by atoms with Crippen molar-refractivity contribution in [3.05, 3.63) is 29.3 Å². The second kappa shape index (κ2) is 7.18. The summed E-state index contributed by atoms with van der Waals surface area (Å²) in [6.07, 6.45) is 3.44. The molecule has 1 aromatic rings. The first kappa shape index (κ1) is 16.2. The van der Waals surface area contributed by atoms with Crippen molar-refractivity contribution in [1.29, 1.82) is 0 Å². The van der Waals surface area contributed by atoms with Crippen molar-refractivity contribution in [3.8, 4) is 0 Å². The highest BCUT2D eigenvalue weighted by atomic mass is 35.5. The van der Waals surface area contributed by atoms with Gasteiger partial charge in [0.2, 0.25) is 5.91 Å². The number of carbonyl (C=O) groups is 2. The second-order valence-corrected chi connectivity index (χ2v) is 6.83. The van der Waals surface area contributed by atoms with Crippen LogP contribution in [0.15, 0.2) is 29.2 Å². The minimum absolute atomic E-state index is 0.00432. The van der Waals surface area contributed by atoms with Gasteiger partial charge in [0, 0.05) is 9.92 Å². The van der Waals surface area contributed by atoms with Gasteiger partial charge in [-0.3, -0.25) is 9.59 Å². The van der Waals surface area contributed by atoms with Crippen molar-refractivity contribution >= 4 is 35.2 Å². The summed E-state index contributed by atoms with van der Waals surface area (Å²) in [6.45, 7) is 0. The number of benzene rings is 1. The maximum absolute atomic E-state index is 12.1. The lowest BCUT2D eigenvalue weighted by Gasteiger charge is -2.28. The molecule has 0 unspecified atom stereocenters. The van der Waals surface area contributed by atoms with E-state index in [2.05, 4.69) is 5.32 Å². The Hall–Kier alpha value is -1.20. The molecule has 0 atom stereocenters. The predicted octanol–water partition coefficient (Wildman–Crippen LogP) is 3.34. The first-order valence-electron chi connectivity index (χ1n) is 6.90. The summed E-state index contributed by atoms with van der Waals surface area (Å²) in [6, 6.07) is 7.29. The van der Waals surface area contributed by atoms with Gasteiger partial charge >= 0.3 is 5.97 Å². The van der Waals surface area contributed by atoms with Crippen LogP contribution in [0.3, 0.4) is 0 Å².